The van der Waals surface area contributed by atoms with E-state index < -0.39 is 0 Å². The number of rotatable bonds is 9. The van der Waals surface area contributed by atoms with E-state index in [2.05, 4.69) is 15.5 Å². The van der Waals surface area contributed by atoms with Gasteiger partial charge in [-0.25, -0.2) is 0 Å². The van der Waals surface area contributed by atoms with E-state index in [1.54, 1.807) is 14.0 Å². The third-order valence-corrected chi connectivity index (χ3v) is 4.14. The van der Waals surface area contributed by atoms with Crippen molar-refractivity contribution < 1.29 is 17.2 Å². The molecule has 0 aliphatic carbocycles. The molecule has 2 N–H and O–H groups in total. The van der Waals surface area contributed by atoms with Crippen LogP contribution < -0.4 is 10.6 Å². The fourth-order valence-corrected chi connectivity index (χ4v) is 2.75. The van der Waals surface area contributed by atoms with Gasteiger partial charge in [-0.15, -0.1) is 24.0 Å². The lowest BCUT2D eigenvalue weighted by Gasteiger charge is -2.27. The minimum atomic E-state index is -0.386. The maximum absolute atomic E-state index is 12.2. The Bertz CT molecular complexity index is 372. The Hall–Kier alpha value is -0.250. The highest BCUT2D eigenvalue weighted by Gasteiger charge is 2.24. The summed E-state index contributed by atoms with van der Waals surface area (Å²) < 4.78 is 5.32. The number of amides is 1. The van der Waals surface area contributed by atoms with Crippen molar-refractivity contribution in [2.45, 2.75) is 59.5 Å². The van der Waals surface area contributed by atoms with Gasteiger partial charge in [0.1, 0.15) is 0 Å². The molecule has 25 heavy (non-hydrogen) atoms. The molecule has 0 aromatic heterocycles. The molecule has 0 spiro atoms. The van der Waals surface area contributed by atoms with E-state index in [0.717, 1.165) is 39.3 Å². The van der Waals surface area contributed by atoms with E-state index in [9.17, 15) is 9.59 Å². The summed E-state index contributed by atoms with van der Waals surface area (Å²) in [4.78, 5) is 26.4. The number of hydrogen-bond acceptors (Lipinski definition) is 5. The van der Waals surface area contributed by atoms with Gasteiger partial charge in [-0.3, -0.25) is 14.5 Å². The molecule has 1 rings (SSSR count). The second kappa shape index (κ2) is 16.0. The van der Waals surface area contributed by atoms with Gasteiger partial charge in [0.15, 0.2) is 5.78 Å². The van der Waals surface area contributed by atoms with E-state index >= 15 is 0 Å². The van der Waals surface area contributed by atoms with Crippen LogP contribution in [0.3, 0.4) is 0 Å². The molecule has 7 heteroatoms. The molecule has 0 unspecified atom stereocenters. The standard InChI is InChI=1S/C16H31N3O3.C2H6.HI.2H2/c1-12(2)15(17-4)16(21)18-14(13(3)20)6-5-7-19-8-10-22-11-9-19;1-2;;;/h12,14-15,17H,5-11H2,1-4H3,(H,18,21);1-2H3;3*1H/t14-,15-;;;;/m0..../s1. The monoisotopic (exact) mass is 475 g/mol. The summed E-state index contributed by atoms with van der Waals surface area (Å²) in [5, 5.41) is 5.90. The summed E-state index contributed by atoms with van der Waals surface area (Å²) in [5.41, 5.74) is 0. The molecule has 0 aromatic carbocycles. The molecule has 0 radical (unpaired) electrons. The zero-order valence-electron chi connectivity index (χ0n) is 16.8. The third-order valence-electron chi connectivity index (χ3n) is 4.14. The van der Waals surface area contributed by atoms with Gasteiger partial charge in [0, 0.05) is 15.9 Å². The fraction of sp³-hybridized carbons (Fsp3) is 0.889. The zero-order valence-corrected chi connectivity index (χ0v) is 19.1. The van der Waals surface area contributed by atoms with Crippen molar-refractivity contribution in [2.24, 2.45) is 5.92 Å². The van der Waals surface area contributed by atoms with E-state index in [4.69, 9.17) is 4.74 Å². The molecule has 0 aromatic rings. The number of carbonyl (C=O) groups excluding carboxylic acids is 2. The van der Waals surface area contributed by atoms with Crippen LogP contribution in [0.1, 0.15) is 50.3 Å². The third kappa shape index (κ3) is 11.1. The Morgan fingerprint density at radius 3 is 2.20 bits per heavy atom. The lowest BCUT2D eigenvalue weighted by Crippen LogP contribution is -2.51. The van der Waals surface area contributed by atoms with Gasteiger partial charge >= 0.3 is 0 Å². The highest BCUT2D eigenvalue weighted by Crippen LogP contribution is 2.06. The van der Waals surface area contributed by atoms with Crippen molar-refractivity contribution in [3.8, 4) is 0 Å². The largest absolute Gasteiger partial charge is 0.379 e. The highest BCUT2D eigenvalue weighted by molar-refractivity contribution is 14.0. The molecule has 0 saturated carbocycles. The van der Waals surface area contributed by atoms with Crippen LogP contribution in [0.5, 0.6) is 0 Å². The molecule has 1 aliphatic heterocycles. The Kier molecular flexibility index (Phi) is 17.2. The highest BCUT2D eigenvalue weighted by atomic mass is 127. The number of morpholine rings is 1. The summed E-state index contributed by atoms with van der Waals surface area (Å²) in [7, 11) is 1.77. The fourth-order valence-electron chi connectivity index (χ4n) is 2.75. The summed E-state index contributed by atoms with van der Waals surface area (Å²) in [6, 6.07) is -0.649. The Morgan fingerprint density at radius 1 is 1.20 bits per heavy atom. The minimum Gasteiger partial charge on any atom is -0.379 e. The number of ether oxygens (including phenoxy) is 1. The number of hydrogen-bond donors (Lipinski definition) is 2. The molecule has 1 amide bonds. The quantitative estimate of drug-likeness (QED) is 0.502. The molecule has 154 valence electrons. The molecule has 6 nitrogen and oxygen atoms in total. The summed E-state index contributed by atoms with van der Waals surface area (Å²) in [6.07, 6.45) is 1.59. The molecule has 1 aliphatic rings. The molecule has 0 bridgehead atoms. The first-order chi connectivity index (χ1) is 11.5. The van der Waals surface area contributed by atoms with Crippen LogP contribution in [-0.4, -0.2) is 68.6 Å². The van der Waals surface area contributed by atoms with Gasteiger partial charge < -0.3 is 15.4 Å². The molecule has 1 saturated heterocycles. The van der Waals surface area contributed by atoms with Crippen LogP contribution in [0.2, 0.25) is 0 Å². The zero-order chi connectivity index (χ0) is 18.5. The van der Waals surface area contributed by atoms with E-state index in [-0.39, 0.29) is 56.5 Å². The molecular weight excluding hydrogens is 433 g/mol. The number of nitrogens with zero attached hydrogens (tertiary/aromatic N) is 1. The second-order valence-corrected chi connectivity index (χ2v) is 6.28. The number of carbonyl (C=O) groups is 2. The van der Waals surface area contributed by atoms with Gasteiger partial charge in [-0.05, 0) is 39.3 Å². The van der Waals surface area contributed by atoms with Gasteiger partial charge in [0.2, 0.25) is 5.91 Å². The van der Waals surface area contributed by atoms with Crippen LogP contribution in [-0.2, 0) is 14.3 Å². The first kappa shape index (κ1) is 27.0. The van der Waals surface area contributed by atoms with Crippen LogP contribution in [0.25, 0.3) is 0 Å². The van der Waals surface area contributed by atoms with Crippen LogP contribution in [0, 0.1) is 5.92 Å². The van der Waals surface area contributed by atoms with Crippen molar-refractivity contribution in [3.63, 3.8) is 0 Å². The summed E-state index contributed by atoms with van der Waals surface area (Å²) in [6.45, 7) is 13.9. The van der Waals surface area contributed by atoms with Crippen molar-refractivity contribution in [3.05, 3.63) is 0 Å². The maximum Gasteiger partial charge on any atom is 0.237 e. The van der Waals surface area contributed by atoms with Gasteiger partial charge in [0.05, 0.1) is 25.3 Å². The number of Topliss-reactive ketones (excluding diaryl/α,β-unsaturated/α-hetero) is 1. The number of halogens is 1. The van der Waals surface area contributed by atoms with Crippen LogP contribution in [0.4, 0.5) is 0 Å². The Labute approximate surface area is 173 Å². The first-order valence-corrected chi connectivity index (χ1v) is 9.24. The van der Waals surface area contributed by atoms with Crippen molar-refractivity contribution in [2.75, 3.05) is 39.9 Å². The molecular formula is C18H42IN3O3. The minimum absolute atomic E-state index is 0. The first-order valence-electron chi connectivity index (χ1n) is 9.24. The summed E-state index contributed by atoms with van der Waals surface area (Å²) >= 11 is 0. The SMILES string of the molecule is CC.CN[C@H](C(=O)N[C@@H](CCCN1CCOCC1)C(C)=O)C(C)C.I.[HH].[HH]. The molecule has 1 heterocycles. The second-order valence-electron chi connectivity index (χ2n) is 6.28. The Morgan fingerprint density at radius 2 is 1.76 bits per heavy atom. The number of ketones is 1. The lowest BCUT2D eigenvalue weighted by atomic mass is 10.0. The maximum atomic E-state index is 12.2. The summed E-state index contributed by atoms with van der Waals surface area (Å²) in [5.74, 6) is 0.115. The predicted octanol–water partition coefficient (Wildman–Crippen LogP) is 2.55. The van der Waals surface area contributed by atoms with Crippen LogP contribution in [0.15, 0.2) is 0 Å². The Balaban J connectivity index is -0.000000511. The van der Waals surface area contributed by atoms with E-state index in [0.29, 0.717) is 6.42 Å². The number of likely N-dealkylation sites (N-methyl/N-ethyl adjacent to an activating group) is 1. The smallest absolute Gasteiger partial charge is 0.237 e. The van der Waals surface area contributed by atoms with Crippen molar-refractivity contribution in [1.29, 1.82) is 0 Å². The molecule has 2 atom stereocenters. The topological polar surface area (TPSA) is 70.7 Å². The average molecular weight is 475 g/mol. The van der Waals surface area contributed by atoms with E-state index in [1.165, 1.54) is 0 Å². The van der Waals surface area contributed by atoms with Gasteiger partial charge in [-0.2, -0.15) is 0 Å². The predicted molar refractivity (Wildman–Crippen MR) is 118 cm³/mol. The van der Waals surface area contributed by atoms with Crippen molar-refractivity contribution >= 4 is 35.7 Å². The van der Waals surface area contributed by atoms with Gasteiger partial charge in [-0.1, -0.05) is 27.7 Å². The molecule has 1 fully saturated rings. The normalized spacial score (nSPS) is 16.9. The van der Waals surface area contributed by atoms with Gasteiger partial charge in [0.25, 0.3) is 0 Å². The van der Waals surface area contributed by atoms with E-state index in [1.807, 2.05) is 27.7 Å². The van der Waals surface area contributed by atoms with Crippen LogP contribution >= 0.6 is 24.0 Å². The van der Waals surface area contributed by atoms with Crippen molar-refractivity contribution in [1.82, 2.24) is 15.5 Å². The lowest BCUT2D eigenvalue weighted by molar-refractivity contribution is -0.129. The average Bonchev–Trinajstić information content (AvgIpc) is 2.57. The number of nitrogens with one attached hydrogen (secondary N) is 2.